The van der Waals surface area contributed by atoms with Crippen LogP contribution in [0.1, 0.15) is 71.6 Å². The molecule has 0 aliphatic heterocycles. The van der Waals surface area contributed by atoms with Crippen LogP contribution in [0, 0.1) is 28.6 Å². The summed E-state index contributed by atoms with van der Waals surface area (Å²) in [6.07, 6.45) is 4.07. The van der Waals surface area contributed by atoms with Crippen LogP contribution >= 0.6 is 0 Å². The summed E-state index contributed by atoms with van der Waals surface area (Å²) in [7, 11) is 0. The molecule has 2 N–H and O–H groups in total. The van der Waals surface area contributed by atoms with Gasteiger partial charge in [-0.05, 0) is 74.2 Å². The summed E-state index contributed by atoms with van der Waals surface area (Å²) in [6, 6.07) is 0. The Morgan fingerprint density at radius 3 is 2.58 bits per heavy atom. The van der Waals surface area contributed by atoms with Gasteiger partial charge < -0.3 is 24.9 Å². The van der Waals surface area contributed by atoms with E-state index in [0.29, 0.717) is 19.3 Å². The van der Waals surface area contributed by atoms with E-state index in [1.165, 1.54) is 0 Å². The second kappa shape index (κ2) is 8.31. The van der Waals surface area contributed by atoms with Gasteiger partial charge in [-0.2, -0.15) is 0 Å². The lowest BCUT2D eigenvalue weighted by atomic mass is 9.45. The SMILES string of the molecule is C[C@]12CCC(=O)C=C1CC[C@H]1[C@@H]2[C@H](O)C[C@@]2(C)[C@@H]1CC[C@]2(O)C(=O)COC(=O)CCC(=O)[O-]. The van der Waals surface area contributed by atoms with Crippen LogP contribution in [0.15, 0.2) is 11.6 Å². The lowest BCUT2D eigenvalue weighted by Crippen LogP contribution is -2.62. The highest BCUT2D eigenvalue weighted by Gasteiger charge is 2.68. The van der Waals surface area contributed by atoms with Gasteiger partial charge >= 0.3 is 5.97 Å². The van der Waals surface area contributed by atoms with Gasteiger partial charge in [-0.15, -0.1) is 0 Å². The molecule has 0 spiro atoms. The zero-order valence-electron chi connectivity index (χ0n) is 19.3. The number of aliphatic hydroxyl groups is 2. The predicted molar refractivity (Wildman–Crippen MR) is 113 cm³/mol. The van der Waals surface area contributed by atoms with Crippen LogP contribution in [0.3, 0.4) is 0 Å². The number of carbonyl (C=O) groups excluding carboxylic acids is 4. The molecule has 182 valence electrons. The third-order valence-electron chi connectivity index (χ3n) is 9.41. The van der Waals surface area contributed by atoms with Gasteiger partial charge in [-0.1, -0.05) is 19.4 Å². The Kier molecular flexibility index (Phi) is 6.06. The number of fused-ring (bicyclic) bond motifs is 5. The van der Waals surface area contributed by atoms with Gasteiger partial charge in [0.05, 0.1) is 12.5 Å². The van der Waals surface area contributed by atoms with E-state index in [2.05, 4.69) is 6.92 Å². The highest BCUT2D eigenvalue weighted by molar-refractivity contribution is 5.92. The molecule has 0 bridgehead atoms. The average Bonchev–Trinajstić information content (AvgIpc) is 3.02. The molecule has 4 aliphatic rings. The number of ketones is 2. The molecule has 0 saturated heterocycles. The first kappa shape index (κ1) is 24.1. The van der Waals surface area contributed by atoms with Crippen LogP contribution in [-0.2, 0) is 23.9 Å². The molecule has 4 rings (SSSR count). The number of Topliss-reactive ketones (excluding diaryl/α,β-unsaturated/α-hetero) is 1. The summed E-state index contributed by atoms with van der Waals surface area (Å²) in [5.74, 6) is -2.53. The normalized spacial score (nSPS) is 41.9. The number of hydrogen-bond acceptors (Lipinski definition) is 8. The molecule has 0 aromatic rings. The Morgan fingerprint density at radius 1 is 1.15 bits per heavy atom. The molecule has 8 nitrogen and oxygen atoms in total. The van der Waals surface area contributed by atoms with E-state index in [0.717, 1.165) is 18.4 Å². The second-order valence-electron chi connectivity index (χ2n) is 10.9. The van der Waals surface area contributed by atoms with Crippen molar-refractivity contribution in [1.29, 1.82) is 0 Å². The quantitative estimate of drug-likeness (QED) is 0.555. The minimum atomic E-state index is -1.72. The summed E-state index contributed by atoms with van der Waals surface area (Å²) in [6.45, 7) is 3.38. The molecule has 0 heterocycles. The van der Waals surface area contributed by atoms with Crippen molar-refractivity contribution in [2.24, 2.45) is 28.6 Å². The molecular formula is C25H33O8-. The molecule has 0 aromatic carbocycles. The number of carbonyl (C=O) groups is 4. The standard InChI is InChI=1S/C25H34O8/c1-23-9-7-15(26)11-14(23)3-4-16-17-8-10-25(32,24(17,2)12-18(27)22(16)23)19(28)13-33-21(31)6-5-20(29)30/h11,16-18,22,27,32H,3-10,12-13H2,1-2H3,(H,29,30)/p-1/t16-,17-,18-,22-,23+,24+,25+/m1/s1. The van der Waals surface area contributed by atoms with Gasteiger partial charge in [0.2, 0.25) is 5.78 Å². The topological polar surface area (TPSA) is 141 Å². The third-order valence-corrected chi connectivity index (χ3v) is 9.41. The molecule has 3 fully saturated rings. The number of allylic oxidation sites excluding steroid dienone is 1. The third kappa shape index (κ3) is 3.75. The first-order valence-corrected chi connectivity index (χ1v) is 12.0. The Bertz CT molecular complexity index is 908. The van der Waals surface area contributed by atoms with Crippen molar-refractivity contribution in [1.82, 2.24) is 0 Å². The molecule has 0 amide bonds. The lowest BCUT2D eigenvalue weighted by Gasteiger charge is -2.60. The Hall–Kier alpha value is -2.06. The summed E-state index contributed by atoms with van der Waals surface area (Å²) in [5, 5.41) is 33.4. The number of rotatable bonds is 6. The highest BCUT2D eigenvalue weighted by atomic mass is 16.5. The minimum absolute atomic E-state index is 0.0245. The first-order chi connectivity index (χ1) is 15.4. The van der Waals surface area contributed by atoms with Gasteiger partial charge in [0, 0.05) is 17.8 Å². The number of aliphatic carboxylic acids is 1. The van der Waals surface area contributed by atoms with Gasteiger partial charge in [-0.3, -0.25) is 14.4 Å². The number of carboxylic acid groups (broad SMARTS) is 1. The number of carboxylic acids is 1. The fourth-order valence-corrected chi connectivity index (χ4v) is 7.69. The van der Waals surface area contributed by atoms with E-state index >= 15 is 0 Å². The number of aliphatic hydroxyl groups excluding tert-OH is 1. The van der Waals surface area contributed by atoms with Crippen molar-refractivity contribution in [2.45, 2.75) is 83.3 Å². The molecule has 7 atom stereocenters. The number of esters is 1. The Morgan fingerprint density at radius 2 is 1.88 bits per heavy atom. The predicted octanol–water partition coefficient (Wildman–Crippen LogP) is 0.863. The van der Waals surface area contributed by atoms with Crippen LogP contribution in [-0.4, -0.2) is 52.0 Å². The van der Waals surface area contributed by atoms with Gasteiger partial charge in [0.1, 0.15) is 5.60 Å². The van der Waals surface area contributed by atoms with Gasteiger partial charge in [-0.25, -0.2) is 0 Å². The average molecular weight is 462 g/mol. The summed E-state index contributed by atoms with van der Waals surface area (Å²) in [5.41, 5.74) is -1.71. The Balaban J connectivity index is 1.53. The van der Waals surface area contributed by atoms with E-state index < -0.39 is 54.3 Å². The maximum atomic E-state index is 13.1. The largest absolute Gasteiger partial charge is 0.550 e. The number of hydrogen-bond donors (Lipinski definition) is 2. The van der Waals surface area contributed by atoms with Crippen molar-refractivity contribution in [3.8, 4) is 0 Å². The molecule has 0 unspecified atom stereocenters. The van der Waals surface area contributed by atoms with E-state index in [1.807, 2.05) is 6.92 Å². The van der Waals surface area contributed by atoms with E-state index in [1.54, 1.807) is 6.08 Å². The van der Waals surface area contributed by atoms with Crippen LogP contribution in [0.4, 0.5) is 0 Å². The summed E-state index contributed by atoms with van der Waals surface area (Å²) in [4.78, 5) is 47.3. The van der Waals surface area contributed by atoms with Crippen LogP contribution in [0.2, 0.25) is 0 Å². The molecule has 0 radical (unpaired) electrons. The molecule has 3 saturated carbocycles. The van der Waals surface area contributed by atoms with E-state index in [4.69, 9.17) is 4.74 Å². The van der Waals surface area contributed by atoms with E-state index in [9.17, 15) is 34.5 Å². The van der Waals surface area contributed by atoms with Crippen LogP contribution in [0.25, 0.3) is 0 Å². The van der Waals surface area contributed by atoms with Crippen molar-refractivity contribution < 1.29 is 39.2 Å². The maximum absolute atomic E-state index is 13.1. The lowest BCUT2D eigenvalue weighted by molar-refractivity contribution is -0.305. The molecule has 0 aromatic heterocycles. The van der Waals surface area contributed by atoms with Crippen LogP contribution in [0.5, 0.6) is 0 Å². The van der Waals surface area contributed by atoms with Crippen molar-refractivity contribution in [2.75, 3.05) is 6.61 Å². The van der Waals surface area contributed by atoms with Crippen molar-refractivity contribution >= 4 is 23.5 Å². The smallest absolute Gasteiger partial charge is 0.306 e. The van der Waals surface area contributed by atoms with Gasteiger partial charge in [0.15, 0.2) is 12.4 Å². The molecule has 4 aliphatic carbocycles. The zero-order chi connectivity index (χ0) is 24.2. The maximum Gasteiger partial charge on any atom is 0.306 e. The second-order valence-corrected chi connectivity index (χ2v) is 10.9. The van der Waals surface area contributed by atoms with Crippen LogP contribution < -0.4 is 5.11 Å². The number of ether oxygens (including phenoxy) is 1. The summed E-state index contributed by atoms with van der Waals surface area (Å²) >= 11 is 0. The zero-order valence-corrected chi connectivity index (χ0v) is 19.3. The Labute approximate surface area is 193 Å². The molecular weight excluding hydrogens is 428 g/mol. The molecule has 33 heavy (non-hydrogen) atoms. The molecule has 8 heteroatoms. The van der Waals surface area contributed by atoms with Crippen molar-refractivity contribution in [3.05, 3.63) is 11.6 Å². The summed E-state index contributed by atoms with van der Waals surface area (Å²) < 4.78 is 4.95. The fourth-order valence-electron chi connectivity index (χ4n) is 7.69. The monoisotopic (exact) mass is 461 g/mol. The minimum Gasteiger partial charge on any atom is -0.550 e. The van der Waals surface area contributed by atoms with E-state index in [-0.39, 0.29) is 41.8 Å². The fraction of sp³-hybridized carbons (Fsp3) is 0.760. The highest BCUT2D eigenvalue weighted by Crippen LogP contribution is 2.67. The van der Waals surface area contributed by atoms with Crippen molar-refractivity contribution in [3.63, 3.8) is 0 Å². The van der Waals surface area contributed by atoms with Gasteiger partial charge in [0.25, 0.3) is 0 Å². The first-order valence-electron chi connectivity index (χ1n) is 12.0.